The van der Waals surface area contributed by atoms with Gasteiger partial charge in [0.25, 0.3) is 0 Å². The monoisotopic (exact) mass is 240 g/mol. The van der Waals surface area contributed by atoms with E-state index in [1.165, 1.54) is 11.1 Å². The van der Waals surface area contributed by atoms with E-state index in [-0.39, 0.29) is 0 Å². The van der Waals surface area contributed by atoms with Crippen molar-refractivity contribution in [2.45, 2.75) is 6.92 Å². The molecule has 0 fully saturated rings. The first-order valence-corrected chi connectivity index (χ1v) is 5.95. The number of fused-ring (bicyclic) bond motifs is 1. The SMILES string of the molecule is Cc1c[n+](C)cn1C.c1ccc2ncccc2c1. The Morgan fingerprint density at radius 2 is 1.83 bits per heavy atom. The Balaban J connectivity index is 0.000000138. The molecule has 3 heteroatoms. The fourth-order valence-electron chi connectivity index (χ4n) is 1.80. The van der Waals surface area contributed by atoms with E-state index in [4.69, 9.17) is 0 Å². The predicted molar refractivity (Wildman–Crippen MR) is 73.1 cm³/mol. The second kappa shape index (κ2) is 5.45. The molecule has 0 aliphatic heterocycles. The van der Waals surface area contributed by atoms with Crippen LogP contribution in [0.4, 0.5) is 0 Å². The molecule has 2 aromatic heterocycles. The molecule has 3 nitrogen and oxygen atoms in total. The molecule has 0 unspecified atom stereocenters. The maximum atomic E-state index is 4.18. The van der Waals surface area contributed by atoms with Crippen molar-refractivity contribution in [1.29, 1.82) is 0 Å². The number of hydrogen-bond acceptors (Lipinski definition) is 1. The van der Waals surface area contributed by atoms with Gasteiger partial charge < -0.3 is 0 Å². The lowest BCUT2D eigenvalue weighted by atomic mass is 10.2. The van der Waals surface area contributed by atoms with Gasteiger partial charge in [0.2, 0.25) is 6.33 Å². The summed E-state index contributed by atoms with van der Waals surface area (Å²) in [5, 5.41) is 1.20. The molecule has 3 aromatic rings. The van der Waals surface area contributed by atoms with Crippen LogP contribution in [0.5, 0.6) is 0 Å². The predicted octanol–water partition coefficient (Wildman–Crippen LogP) is 2.39. The van der Waals surface area contributed by atoms with Crippen LogP contribution in [0.25, 0.3) is 10.9 Å². The number of nitrogens with zero attached hydrogens (tertiary/aromatic N) is 3. The van der Waals surface area contributed by atoms with Gasteiger partial charge in [0.15, 0.2) is 0 Å². The first-order chi connectivity index (χ1) is 8.66. The van der Waals surface area contributed by atoms with E-state index in [2.05, 4.69) is 34.8 Å². The summed E-state index contributed by atoms with van der Waals surface area (Å²) in [5.41, 5.74) is 2.34. The molecule has 0 bridgehead atoms. The van der Waals surface area contributed by atoms with E-state index in [9.17, 15) is 0 Å². The quantitative estimate of drug-likeness (QED) is 0.553. The van der Waals surface area contributed by atoms with Crippen molar-refractivity contribution in [2.24, 2.45) is 14.1 Å². The molecule has 0 aliphatic carbocycles. The minimum Gasteiger partial charge on any atom is -0.256 e. The summed E-state index contributed by atoms with van der Waals surface area (Å²) in [7, 11) is 4.06. The normalized spacial score (nSPS) is 9.94. The summed E-state index contributed by atoms with van der Waals surface area (Å²) >= 11 is 0. The number of hydrogen-bond donors (Lipinski definition) is 0. The minimum atomic E-state index is 1.06. The fourth-order valence-corrected chi connectivity index (χ4v) is 1.80. The Kier molecular flexibility index (Phi) is 3.72. The lowest BCUT2D eigenvalue weighted by Gasteiger charge is -1.91. The Labute approximate surface area is 107 Å². The Morgan fingerprint density at radius 1 is 1.11 bits per heavy atom. The van der Waals surface area contributed by atoms with Crippen LogP contribution in [0.3, 0.4) is 0 Å². The topological polar surface area (TPSA) is 21.7 Å². The smallest absolute Gasteiger partial charge is 0.243 e. The van der Waals surface area contributed by atoms with E-state index in [0.717, 1.165) is 5.52 Å². The average Bonchev–Trinajstić information content (AvgIpc) is 2.67. The maximum absolute atomic E-state index is 4.18. The van der Waals surface area contributed by atoms with E-state index < -0.39 is 0 Å². The molecule has 18 heavy (non-hydrogen) atoms. The summed E-state index contributed by atoms with van der Waals surface area (Å²) < 4.78 is 4.12. The summed E-state index contributed by atoms with van der Waals surface area (Å²) in [6, 6.07) is 12.1. The van der Waals surface area contributed by atoms with Crippen LogP contribution in [-0.4, -0.2) is 9.55 Å². The summed E-state index contributed by atoms with van der Waals surface area (Å²) in [4.78, 5) is 4.18. The second-order valence-electron chi connectivity index (χ2n) is 4.36. The Hall–Kier alpha value is -2.16. The molecule has 0 N–H and O–H groups in total. The standard InChI is InChI=1S/C9H7N.C6H11N2/c1-2-6-9-8(4-1)5-3-7-10-9;1-6-4-7(2)5-8(6)3/h1-7H;4-5H,1-3H3/q;+1. The summed E-state index contributed by atoms with van der Waals surface area (Å²) in [5.74, 6) is 0. The average molecular weight is 240 g/mol. The maximum Gasteiger partial charge on any atom is 0.243 e. The molecule has 0 amide bonds. The molecule has 0 saturated carbocycles. The largest absolute Gasteiger partial charge is 0.256 e. The first kappa shape index (κ1) is 12.3. The van der Waals surface area contributed by atoms with Gasteiger partial charge in [0, 0.05) is 18.5 Å². The van der Waals surface area contributed by atoms with Crippen molar-refractivity contribution in [3.8, 4) is 0 Å². The van der Waals surface area contributed by atoms with Crippen LogP contribution in [0, 0.1) is 6.92 Å². The van der Waals surface area contributed by atoms with Gasteiger partial charge in [-0.3, -0.25) is 4.98 Å². The third-order valence-electron chi connectivity index (χ3n) is 2.81. The first-order valence-electron chi connectivity index (χ1n) is 5.95. The highest BCUT2D eigenvalue weighted by Gasteiger charge is 1.98. The van der Waals surface area contributed by atoms with Crippen molar-refractivity contribution in [3.05, 3.63) is 60.8 Å². The highest BCUT2D eigenvalue weighted by atomic mass is 15.1. The molecule has 0 radical (unpaired) electrons. The molecule has 2 heterocycles. The zero-order valence-electron chi connectivity index (χ0n) is 11.0. The number of imidazole rings is 1. The Morgan fingerprint density at radius 3 is 2.39 bits per heavy atom. The van der Waals surface area contributed by atoms with Crippen LogP contribution in [0.1, 0.15) is 5.69 Å². The van der Waals surface area contributed by atoms with Gasteiger partial charge in [-0.25, -0.2) is 9.13 Å². The van der Waals surface area contributed by atoms with E-state index in [1.54, 1.807) is 0 Å². The molecule has 0 aliphatic rings. The van der Waals surface area contributed by atoms with Gasteiger partial charge in [-0.15, -0.1) is 0 Å². The van der Waals surface area contributed by atoms with E-state index in [1.807, 2.05) is 55.5 Å². The van der Waals surface area contributed by atoms with Gasteiger partial charge in [0.1, 0.15) is 11.9 Å². The molecule has 0 atom stereocenters. The molecule has 1 aromatic carbocycles. The second-order valence-corrected chi connectivity index (χ2v) is 4.36. The lowest BCUT2D eigenvalue weighted by molar-refractivity contribution is -0.671. The fraction of sp³-hybridized carbons (Fsp3) is 0.200. The van der Waals surface area contributed by atoms with E-state index >= 15 is 0 Å². The molecular weight excluding hydrogens is 222 g/mol. The van der Waals surface area contributed by atoms with Crippen molar-refractivity contribution < 1.29 is 4.57 Å². The molecule has 0 saturated heterocycles. The van der Waals surface area contributed by atoms with Crippen LogP contribution >= 0.6 is 0 Å². The molecule has 0 spiro atoms. The van der Waals surface area contributed by atoms with Gasteiger partial charge in [0.05, 0.1) is 19.6 Å². The number of pyridine rings is 1. The number of benzene rings is 1. The van der Waals surface area contributed by atoms with Gasteiger partial charge in [-0.05, 0) is 12.1 Å². The minimum absolute atomic E-state index is 1.06. The van der Waals surface area contributed by atoms with Crippen molar-refractivity contribution in [3.63, 3.8) is 0 Å². The molecule has 92 valence electrons. The van der Waals surface area contributed by atoms with Gasteiger partial charge >= 0.3 is 0 Å². The summed E-state index contributed by atoms with van der Waals surface area (Å²) in [6.45, 7) is 2.08. The number of para-hydroxylation sites is 1. The third kappa shape index (κ3) is 2.94. The Bertz CT molecular complexity index is 556. The highest BCUT2D eigenvalue weighted by molar-refractivity contribution is 5.77. The summed E-state index contributed by atoms with van der Waals surface area (Å²) in [6.07, 6.45) is 5.93. The zero-order valence-corrected chi connectivity index (χ0v) is 11.0. The highest BCUT2D eigenvalue weighted by Crippen LogP contribution is 2.07. The lowest BCUT2D eigenvalue weighted by Crippen LogP contribution is -2.23. The molecule has 3 rings (SSSR count). The number of rotatable bonds is 0. The van der Waals surface area contributed by atoms with E-state index in [0.29, 0.717) is 0 Å². The van der Waals surface area contributed by atoms with Crippen LogP contribution in [0.15, 0.2) is 55.1 Å². The van der Waals surface area contributed by atoms with Gasteiger partial charge in [-0.1, -0.05) is 24.3 Å². The van der Waals surface area contributed by atoms with Crippen molar-refractivity contribution >= 4 is 10.9 Å². The van der Waals surface area contributed by atoms with Crippen LogP contribution in [-0.2, 0) is 14.1 Å². The van der Waals surface area contributed by atoms with Crippen LogP contribution in [0.2, 0.25) is 0 Å². The van der Waals surface area contributed by atoms with Crippen LogP contribution < -0.4 is 4.57 Å². The molecular formula is C15H18N3+. The zero-order chi connectivity index (χ0) is 13.0. The van der Waals surface area contributed by atoms with Crippen molar-refractivity contribution in [2.75, 3.05) is 0 Å². The van der Waals surface area contributed by atoms with Crippen molar-refractivity contribution in [1.82, 2.24) is 9.55 Å². The number of aryl methyl sites for hydroxylation is 3. The van der Waals surface area contributed by atoms with Gasteiger partial charge in [-0.2, -0.15) is 0 Å². The number of aromatic nitrogens is 3. The third-order valence-corrected chi connectivity index (χ3v) is 2.81.